The van der Waals surface area contributed by atoms with E-state index >= 15 is 0 Å². The highest BCUT2D eigenvalue weighted by Crippen LogP contribution is 2.43. The summed E-state index contributed by atoms with van der Waals surface area (Å²) in [6.07, 6.45) is 9.75. The van der Waals surface area contributed by atoms with Crippen molar-refractivity contribution in [3.8, 4) is 0 Å². The van der Waals surface area contributed by atoms with Crippen molar-refractivity contribution in [1.29, 1.82) is 0 Å². The molecule has 1 N–H and O–H groups in total. The molecule has 4 heteroatoms. The summed E-state index contributed by atoms with van der Waals surface area (Å²) < 4.78 is 0. The molecule has 1 unspecified atom stereocenters. The van der Waals surface area contributed by atoms with Crippen molar-refractivity contribution in [2.45, 2.75) is 51.0 Å². The predicted octanol–water partition coefficient (Wildman–Crippen LogP) is 2.72. The third-order valence-electron chi connectivity index (χ3n) is 5.15. The van der Waals surface area contributed by atoms with Crippen LogP contribution in [0.1, 0.15) is 44.9 Å². The van der Waals surface area contributed by atoms with E-state index in [1.165, 1.54) is 62.4 Å². The largest absolute Gasteiger partial charge is 0.363 e. The molecular weight excluding hydrogens is 254 g/mol. The Morgan fingerprint density at radius 1 is 1.32 bits per heavy atom. The normalized spacial score (nSPS) is 31.4. The molecule has 1 spiro atoms. The van der Waals surface area contributed by atoms with E-state index in [0.717, 1.165) is 13.1 Å². The van der Waals surface area contributed by atoms with Crippen LogP contribution in [0.5, 0.6) is 0 Å². The minimum absolute atomic E-state index is 0.567. The Labute approximate surface area is 121 Å². The predicted molar refractivity (Wildman–Crippen MR) is 83.9 cm³/mol. The zero-order valence-electron chi connectivity index (χ0n) is 12.2. The van der Waals surface area contributed by atoms with Crippen LogP contribution in [-0.4, -0.2) is 48.5 Å². The fourth-order valence-electron chi connectivity index (χ4n) is 3.69. The van der Waals surface area contributed by atoms with Gasteiger partial charge in [-0.1, -0.05) is 31.0 Å². The Morgan fingerprint density at radius 3 is 2.84 bits per heavy atom. The minimum atomic E-state index is 0.567. The molecule has 0 radical (unpaired) electrons. The molecule has 3 aliphatic rings. The molecule has 19 heavy (non-hydrogen) atoms. The first-order valence-corrected chi connectivity index (χ1v) is 8.87. The van der Waals surface area contributed by atoms with Crippen LogP contribution >= 0.6 is 11.8 Å². The second-order valence-electron chi connectivity index (χ2n) is 6.63. The molecule has 0 aromatic rings. The number of nitrogens with zero attached hydrogens (tertiary/aromatic N) is 2. The van der Waals surface area contributed by atoms with E-state index in [9.17, 15) is 0 Å². The van der Waals surface area contributed by atoms with Crippen molar-refractivity contribution in [3.63, 3.8) is 0 Å². The number of aliphatic imine (C=N–C) groups is 1. The summed E-state index contributed by atoms with van der Waals surface area (Å²) in [5.74, 6) is 1.29. The summed E-state index contributed by atoms with van der Waals surface area (Å²) in [5, 5.41) is 4.80. The maximum absolute atomic E-state index is 4.82. The van der Waals surface area contributed by atoms with Gasteiger partial charge in [-0.15, -0.1) is 0 Å². The van der Waals surface area contributed by atoms with Gasteiger partial charge >= 0.3 is 0 Å². The monoisotopic (exact) mass is 281 g/mol. The molecule has 1 saturated carbocycles. The first-order chi connectivity index (χ1) is 9.27. The van der Waals surface area contributed by atoms with E-state index < -0.39 is 0 Å². The highest BCUT2D eigenvalue weighted by molar-refractivity contribution is 8.13. The first-order valence-electron chi connectivity index (χ1n) is 7.89. The van der Waals surface area contributed by atoms with Gasteiger partial charge in [0.25, 0.3) is 0 Å². The average molecular weight is 281 g/mol. The summed E-state index contributed by atoms with van der Waals surface area (Å²) in [4.78, 5) is 7.33. The van der Waals surface area contributed by atoms with Gasteiger partial charge in [-0.3, -0.25) is 4.99 Å². The van der Waals surface area contributed by atoms with Gasteiger partial charge in [-0.2, -0.15) is 0 Å². The van der Waals surface area contributed by atoms with Crippen LogP contribution in [-0.2, 0) is 0 Å². The molecule has 0 aromatic heterocycles. The Bertz CT molecular complexity index is 336. The maximum atomic E-state index is 4.82. The Balaban J connectivity index is 1.47. The summed E-state index contributed by atoms with van der Waals surface area (Å²) in [6.45, 7) is 3.41. The van der Waals surface area contributed by atoms with Crippen LogP contribution < -0.4 is 5.32 Å². The third kappa shape index (κ3) is 3.27. The Kier molecular flexibility index (Phi) is 4.37. The van der Waals surface area contributed by atoms with Gasteiger partial charge in [-0.05, 0) is 44.7 Å². The zero-order chi connectivity index (χ0) is 13.1. The van der Waals surface area contributed by atoms with Crippen LogP contribution in [0.4, 0.5) is 0 Å². The second kappa shape index (κ2) is 6.04. The topological polar surface area (TPSA) is 27.6 Å². The average Bonchev–Trinajstić information content (AvgIpc) is 2.88. The Hall–Kier alpha value is -0.220. The van der Waals surface area contributed by atoms with E-state index in [2.05, 4.69) is 17.3 Å². The molecule has 1 saturated heterocycles. The van der Waals surface area contributed by atoms with E-state index in [1.807, 2.05) is 11.8 Å². The number of likely N-dealkylation sites (tertiary alicyclic amines) is 1. The highest BCUT2D eigenvalue weighted by Gasteiger charge is 2.36. The van der Waals surface area contributed by atoms with E-state index in [4.69, 9.17) is 4.99 Å². The standard InChI is InChI=1S/C15H27N3S/c1-18-9-5-2-6-13(18)10-16-14-17-11-15(12-19-14)7-3-4-8-15/h13H,2-12H2,1H3,(H,16,17). The van der Waals surface area contributed by atoms with Gasteiger partial charge in [-0.25, -0.2) is 0 Å². The zero-order valence-corrected chi connectivity index (χ0v) is 13.0. The lowest BCUT2D eigenvalue weighted by molar-refractivity contribution is 0.187. The van der Waals surface area contributed by atoms with Crippen molar-refractivity contribution in [1.82, 2.24) is 10.2 Å². The van der Waals surface area contributed by atoms with Gasteiger partial charge in [0.05, 0.1) is 0 Å². The fraction of sp³-hybridized carbons (Fsp3) is 0.933. The number of nitrogens with one attached hydrogen (secondary N) is 1. The number of thioether (sulfide) groups is 1. The summed E-state index contributed by atoms with van der Waals surface area (Å²) in [7, 11) is 2.26. The number of amidine groups is 1. The lowest BCUT2D eigenvalue weighted by Gasteiger charge is -2.34. The van der Waals surface area contributed by atoms with Crippen molar-refractivity contribution in [3.05, 3.63) is 0 Å². The van der Waals surface area contributed by atoms with Crippen LogP contribution in [0.15, 0.2) is 4.99 Å². The number of hydrogen-bond acceptors (Lipinski definition) is 4. The molecule has 2 fully saturated rings. The van der Waals surface area contributed by atoms with Gasteiger partial charge in [0.2, 0.25) is 0 Å². The summed E-state index contributed by atoms with van der Waals surface area (Å²) in [5.41, 5.74) is 0.567. The first kappa shape index (κ1) is 13.7. The molecule has 108 valence electrons. The molecule has 3 rings (SSSR count). The number of piperidine rings is 1. The molecule has 0 amide bonds. The summed E-state index contributed by atoms with van der Waals surface area (Å²) in [6, 6.07) is 0.708. The maximum Gasteiger partial charge on any atom is 0.156 e. The smallest absolute Gasteiger partial charge is 0.156 e. The lowest BCUT2D eigenvalue weighted by atomic mass is 9.89. The fourth-order valence-corrected chi connectivity index (χ4v) is 4.86. The molecule has 0 bridgehead atoms. The van der Waals surface area contributed by atoms with Crippen LogP contribution in [0.2, 0.25) is 0 Å². The molecule has 0 aromatic carbocycles. The van der Waals surface area contributed by atoms with Crippen LogP contribution in [0, 0.1) is 5.41 Å². The van der Waals surface area contributed by atoms with Crippen molar-refractivity contribution >= 4 is 16.9 Å². The van der Waals surface area contributed by atoms with Gasteiger partial charge in [0, 0.05) is 24.9 Å². The van der Waals surface area contributed by atoms with Gasteiger partial charge in [0.1, 0.15) is 0 Å². The van der Waals surface area contributed by atoms with Crippen LogP contribution in [0.3, 0.4) is 0 Å². The molecule has 1 atom stereocenters. The van der Waals surface area contributed by atoms with E-state index in [-0.39, 0.29) is 0 Å². The van der Waals surface area contributed by atoms with Crippen molar-refractivity contribution in [2.24, 2.45) is 10.4 Å². The minimum Gasteiger partial charge on any atom is -0.363 e. The SMILES string of the molecule is CN1CCCCC1CNC1=NCC2(CCCC2)CS1. The van der Waals surface area contributed by atoms with Gasteiger partial charge in [0.15, 0.2) is 5.17 Å². The number of hydrogen-bond donors (Lipinski definition) is 1. The second-order valence-corrected chi connectivity index (χ2v) is 7.59. The molecule has 2 aliphatic heterocycles. The van der Waals surface area contributed by atoms with E-state index in [1.54, 1.807) is 0 Å². The molecular formula is C15H27N3S. The number of likely N-dealkylation sites (N-methyl/N-ethyl adjacent to an activating group) is 1. The lowest BCUT2D eigenvalue weighted by Crippen LogP contribution is -2.45. The van der Waals surface area contributed by atoms with E-state index in [0.29, 0.717) is 11.5 Å². The number of rotatable bonds is 2. The van der Waals surface area contributed by atoms with Crippen LogP contribution in [0.25, 0.3) is 0 Å². The third-order valence-corrected chi connectivity index (χ3v) is 6.45. The summed E-state index contributed by atoms with van der Waals surface area (Å²) >= 11 is 1.97. The van der Waals surface area contributed by atoms with Crippen molar-refractivity contribution < 1.29 is 0 Å². The molecule has 3 nitrogen and oxygen atoms in total. The highest BCUT2D eigenvalue weighted by atomic mass is 32.2. The molecule has 1 aliphatic carbocycles. The molecule has 2 heterocycles. The quantitative estimate of drug-likeness (QED) is 0.843. The van der Waals surface area contributed by atoms with Gasteiger partial charge < -0.3 is 10.2 Å². The van der Waals surface area contributed by atoms with Crippen molar-refractivity contribution in [2.75, 3.05) is 32.4 Å². The Morgan fingerprint density at radius 2 is 2.16 bits per heavy atom.